The predicted molar refractivity (Wildman–Crippen MR) is 58.9 cm³/mol. The quantitative estimate of drug-likeness (QED) is 0.717. The van der Waals surface area contributed by atoms with E-state index in [1.54, 1.807) is 6.07 Å². The van der Waals surface area contributed by atoms with Crippen molar-refractivity contribution in [2.24, 2.45) is 0 Å². The highest BCUT2D eigenvalue weighted by Crippen LogP contribution is 2.18. The van der Waals surface area contributed by atoms with Crippen LogP contribution in [0.25, 0.3) is 10.9 Å². The van der Waals surface area contributed by atoms with Gasteiger partial charge in [0.2, 0.25) is 5.56 Å². The Kier molecular flexibility index (Phi) is 2.00. The molecule has 1 aromatic heterocycles. The zero-order valence-electron chi connectivity index (χ0n) is 8.22. The minimum atomic E-state index is -0.0489. The number of hydrogen-bond donors (Lipinski definition) is 2. The van der Waals surface area contributed by atoms with E-state index < -0.39 is 0 Å². The summed E-state index contributed by atoms with van der Waals surface area (Å²) in [5, 5.41) is 4.15. The average Bonchev–Trinajstić information content (AvgIpc) is 2.17. The molecule has 3 heteroatoms. The molecule has 1 heterocycles. The molecule has 0 aliphatic heterocycles. The van der Waals surface area contributed by atoms with Gasteiger partial charge in [0.05, 0.1) is 0 Å². The van der Waals surface area contributed by atoms with E-state index in [9.17, 15) is 4.79 Å². The van der Waals surface area contributed by atoms with E-state index in [2.05, 4.69) is 10.3 Å². The van der Waals surface area contributed by atoms with E-state index in [1.807, 2.05) is 32.2 Å². The molecule has 72 valence electrons. The van der Waals surface area contributed by atoms with Crippen LogP contribution < -0.4 is 10.9 Å². The Bertz CT molecular complexity index is 528. The fourth-order valence-corrected chi connectivity index (χ4v) is 1.58. The van der Waals surface area contributed by atoms with Gasteiger partial charge >= 0.3 is 0 Å². The number of aryl methyl sites for hydroxylation is 1. The Morgan fingerprint density at radius 3 is 2.79 bits per heavy atom. The summed E-state index contributed by atoms with van der Waals surface area (Å²) >= 11 is 0. The number of nitrogens with one attached hydrogen (secondary N) is 2. The van der Waals surface area contributed by atoms with Crippen molar-refractivity contribution in [1.29, 1.82) is 0 Å². The molecule has 0 saturated heterocycles. The number of fused-ring (bicyclic) bond motifs is 1. The Labute approximate surface area is 81.8 Å². The zero-order chi connectivity index (χ0) is 10.1. The molecular formula is C11H12N2O. The summed E-state index contributed by atoms with van der Waals surface area (Å²) in [6.45, 7) is 1.94. The van der Waals surface area contributed by atoms with Crippen molar-refractivity contribution < 1.29 is 0 Å². The average molecular weight is 188 g/mol. The maximum absolute atomic E-state index is 11.2. The summed E-state index contributed by atoms with van der Waals surface area (Å²) in [6, 6.07) is 7.50. The van der Waals surface area contributed by atoms with Gasteiger partial charge in [-0.25, -0.2) is 0 Å². The lowest BCUT2D eigenvalue weighted by molar-refractivity contribution is 1.28. The number of benzene rings is 1. The van der Waals surface area contributed by atoms with Crippen LogP contribution in [0, 0.1) is 6.92 Å². The molecule has 14 heavy (non-hydrogen) atoms. The van der Waals surface area contributed by atoms with Crippen molar-refractivity contribution in [3.63, 3.8) is 0 Å². The summed E-state index contributed by atoms with van der Waals surface area (Å²) in [6.07, 6.45) is 0. The first-order valence-electron chi connectivity index (χ1n) is 4.52. The lowest BCUT2D eigenvalue weighted by Gasteiger charge is -2.04. The molecule has 0 fully saturated rings. The number of aromatic amines is 1. The lowest BCUT2D eigenvalue weighted by Crippen LogP contribution is -2.04. The Morgan fingerprint density at radius 2 is 2.07 bits per heavy atom. The third-order valence-electron chi connectivity index (χ3n) is 2.34. The van der Waals surface area contributed by atoms with Crippen molar-refractivity contribution in [2.75, 3.05) is 12.4 Å². The first-order valence-corrected chi connectivity index (χ1v) is 4.52. The molecule has 3 nitrogen and oxygen atoms in total. The predicted octanol–water partition coefficient (Wildman–Crippen LogP) is 1.88. The van der Waals surface area contributed by atoms with Crippen LogP contribution in [-0.4, -0.2) is 12.0 Å². The molecule has 0 radical (unpaired) electrons. The molecule has 1 aromatic carbocycles. The second-order valence-corrected chi connectivity index (χ2v) is 3.33. The van der Waals surface area contributed by atoms with Gasteiger partial charge in [-0.05, 0) is 30.7 Å². The highest BCUT2D eigenvalue weighted by molar-refractivity contribution is 5.85. The molecule has 2 aromatic rings. The van der Waals surface area contributed by atoms with Crippen LogP contribution in [0.4, 0.5) is 5.69 Å². The van der Waals surface area contributed by atoms with Crippen molar-refractivity contribution >= 4 is 16.6 Å². The van der Waals surface area contributed by atoms with Gasteiger partial charge in [-0.3, -0.25) is 4.79 Å². The maximum Gasteiger partial charge on any atom is 0.248 e. The number of pyridine rings is 1. The second kappa shape index (κ2) is 3.18. The molecule has 0 unspecified atom stereocenters. The van der Waals surface area contributed by atoms with Crippen molar-refractivity contribution in [2.45, 2.75) is 6.92 Å². The van der Waals surface area contributed by atoms with Gasteiger partial charge < -0.3 is 10.3 Å². The largest absolute Gasteiger partial charge is 0.388 e. The van der Waals surface area contributed by atoms with Gasteiger partial charge in [-0.2, -0.15) is 0 Å². The third kappa shape index (κ3) is 1.37. The summed E-state index contributed by atoms with van der Waals surface area (Å²) in [7, 11) is 1.88. The van der Waals surface area contributed by atoms with Crippen LogP contribution in [0.1, 0.15) is 5.56 Å². The minimum Gasteiger partial charge on any atom is -0.388 e. The highest BCUT2D eigenvalue weighted by Gasteiger charge is 1.99. The molecule has 0 atom stereocenters. The standard InChI is InChI=1S/C11H12N2O/c1-7-5-11(14)13-10-4-3-8(12-2)6-9(7)10/h3-6,12H,1-2H3,(H,13,14). The van der Waals surface area contributed by atoms with Crippen molar-refractivity contribution in [3.8, 4) is 0 Å². The number of anilines is 1. The van der Waals surface area contributed by atoms with Crippen LogP contribution in [0.15, 0.2) is 29.1 Å². The topological polar surface area (TPSA) is 44.9 Å². The number of hydrogen-bond acceptors (Lipinski definition) is 2. The normalized spacial score (nSPS) is 10.4. The van der Waals surface area contributed by atoms with E-state index in [-0.39, 0.29) is 5.56 Å². The number of aromatic nitrogens is 1. The van der Waals surface area contributed by atoms with Gasteiger partial charge in [0, 0.05) is 29.7 Å². The fraction of sp³-hybridized carbons (Fsp3) is 0.182. The summed E-state index contributed by atoms with van der Waals surface area (Å²) in [4.78, 5) is 14.0. The van der Waals surface area contributed by atoms with Gasteiger partial charge in [0.25, 0.3) is 0 Å². The number of H-pyrrole nitrogens is 1. The van der Waals surface area contributed by atoms with Crippen LogP contribution in [0.3, 0.4) is 0 Å². The molecule has 0 aliphatic carbocycles. The molecule has 2 N–H and O–H groups in total. The van der Waals surface area contributed by atoms with Crippen LogP contribution in [0.5, 0.6) is 0 Å². The molecule has 0 amide bonds. The monoisotopic (exact) mass is 188 g/mol. The summed E-state index contributed by atoms with van der Waals surface area (Å²) < 4.78 is 0. The smallest absolute Gasteiger partial charge is 0.248 e. The van der Waals surface area contributed by atoms with E-state index in [0.29, 0.717) is 0 Å². The molecular weight excluding hydrogens is 176 g/mol. The minimum absolute atomic E-state index is 0.0489. The van der Waals surface area contributed by atoms with E-state index >= 15 is 0 Å². The highest BCUT2D eigenvalue weighted by atomic mass is 16.1. The summed E-state index contributed by atoms with van der Waals surface area (Å²) in [5.41, 5.74) is 2.88. The fourth-order valence-electron chi connectivity index (χ4n) is 1.58. The first kappa shape index (κ1) is 8.81. The van der Waals surface area contributed by atoms with E-state index in [0.717, 1.165) is 22.2 Å². The SMILES string of the molecule is CNc1ccc2[nH]c(=O)cc(C)c2c1. The summed E-state index contributed by atoms with van der Waals surface area (Å²) in [5.74, 6) is 0. The second-order valence-electron chi connectivity index (χ2n) is 3.33. The van der Waals surface area contributed by atoms with Crippen LogP contribution in [-0.2, 0) is 0 Å². The molecule has 0 bridgehead atoms. The first-order chi connectivity index (χ1) is 6.70. The van der Waals surface area contributed by atoms with E-state index in [1.165, 1.54) is 0 Å². The molecule has 0 spiro atoms. The Balaban J connectivity index is 2.82. The lowest BCUT2D eigenvalue weighted by atomic mass is 10.1. The van der Waals surface area contributed by atoms with Crippen LogP contribution in [0.2, 0.25) is 0 Å². The number of rotatable bonds is 1. The van der Waals surface area contributed by atoms with Gasteiger partial charge in [0.1, 0.15) is 0 Å². The van der Waals surface area contributed by atoms with Crippen LogP contribution >= 0.6 is 0 Å². The van der Waals surface area contributed by atoms with Crippen molar-refractivity contribution in [1.82, 2.24) is 4.98 Å². The van der Waals surface area contributed by atoms with Gasteiger partial charge in [-0.15, -0.1) is 0 Å². The molecule has 2 rings (SSSR count). The zero-order valence-corrected chi connectivity index (χ0v) is 8.22. The van der Waals surface area contributed by atoms with Gasteiger partial charge in [-0.1, -0.05) is 0 Å². The third-order valence-corrected chi connectivity index (χ3v) is 2.34. The maximum atomic E-state index is 11.2. The Morgan fingerprint density at radius 1 is 1.29 bits per heavy atom. The molecule has 0 saturated carbocycles. The van der Waals surface area contributed by atoms with E-state index in [4.69, 9.17) is 0 Å². The Hall–Kier alpha value is -1.77. The van der Waals surface area contributed by atoms with Gasteiger partial charge in [0.15, 0.2) is 0 Å². The van der Waals surface area contributed by atoms with Crippen molar-refractivity contribution in [3.05, 3.63) is 40.2 Å². The molecule has 0 aliphatic rings.